The van der Waals surface area contributed by atoms with Crippen molar-refractivity contribution in [2.24, 2.45) is 0 Å². The first-order valence-electron chi connectivity index (χ1n) is 6.25. The Morgan fingerprint density at radius 3 is 2.50 bits per heavy atom. The molecule has 1 aliphatic heterocycles. The molecule has 1 saturated heterocycles. The number of amides is 1. The van der Waals surface area contributed by atoms with Crippen LogP contribution >= 0.6 is 12.4 Å². The fraction of sp³-hybridized carbons (Fsp3) is 0.500. The van der Waals surface area contributed by atoms with Crippen molar-refractivity contribution in [3.8, 4) is 0 Å². The standard InChI is InChI=1S/C14H20N2O.ClH/c1-10-6-11(2)8-12(7-10)14(17)16-13-4-3-5-15-9-13;/h6-8,13,15H,3-5,9H2,1-2H3,(H,16,17);1H. The molecule has 0 aromatic heterocycles. The van der Waals surface area contributed by atoms with Gasteiger partial charge in [-0.25, -0.2) is 0 Å². The number of halogens is 1. The Morgan fingerprint density at radius 1 is 1.28 bits per heavy atom. The molecule has 0 radical (unpaired) electrons. The lowest BCUT2D eigenvalue weighted by Gasteiger charge is -2.23. The third-order valence-corrected chi connectivity index (χ3v) is 3.12. The normalized spacial score (nSPS) is 18.9. The highest BCUT2D eigenvalue weighted by Crippen LogP contribution is 2.10. The summed E-state index contributed by atoms with van der Waals surface area (Å²) < 4.78 is 0. The first-order valence-corrected chi connectivity index (χ1v) is 6.25. The summed E-state index contributed by atoms with van der Waals surface area (Å²) in [7, 11) is 0. The molecule has 2 rings (SSSR count). The minimum Gasteiger partial charge on any atom is -0.348 e. The van der Waals surface area contributed by atoms with Crippen LogP contribution in [0.2, 0.25) is 0 Å². The predicted molar refractivity (Wildman–Crippen MR) is 76.5 cm³/mol. The van der Waals surface area contributed by atoms with Gasteiger partial charge in [-0.05, 0) is 45.4 Å². The van der Waals surface area contributed by atoms with Crippen LogP contribution in [0.25, 0.3) is 0 Å². The van der Waals surface area contributed by atoms with Crippen LogP contribution < -0.4 is 10.6 Å². The molecule has 2 N–H and O–H groups in total. The van der Waals surface area contributed by atoms with E-state index in [0.29, 0.717) is 0 Å². The topological polar surface area (TPSA) is 41.1 Å². The third kappa shape index (κ3) is 4.00. The zero-order chi connectivity index (χ0) is 12.3. The van der Waals surface area contributed by atoms with Gasteiger partial charge in [0, 0.05) is 18.2 Å². The van der Waals surface area contributed by atoms with Crippen LogP contribution in [0.5, 0.6) is 0 Å². The summed E-state index contributed by atoms with van der Waals surface area (Å²) >= 11 is 0. The minimum atomic E-state index is 0. The fourth-order valence-electron chi connectivity index (χ4n) is 2.35. The van der Waals surface area contributed by atoms with E-state index >= 15 is 0 Å². The summed E-state index contributed by atoms with van der Waals surface area (Å²) in [6.45, 7) is 5.99. The van der Waals surface area contributed by atoms with Gasteiger partial charge in [0.25, 0.3) is 5.91 Å². The van der Waals surface area contributed by atoms with Gasteiger partial charge in [0.2, 0.25) is 0 Å². The molecular weight excluding hydrogens is 248 g/mol. The predicted octanol–water partition coefficient (Wildman–Crippen LogP) is 2.21. The monoisotopic (exact) mass is 268 g/mol. The number of carbonyl (C=O) groups is 1. The number of nitrogens with one attached hydrogen (secondary N) is 2. The van der Waals surface area contributed by atoms with E-state index in [2.05, 4.69) is 16.7 Å². The summed E-state index contributed by atoms with van der Waals surface area (Å²) in [5.74, 6) is 0.0468. The van der Waals surface area contributed by atoms with Gasteiger partial charge in [-0.3, -0.25) is 4.79 Å². The fourth-order valence-corrected chi connectivity index (χ4v) is 2.35. The van der Waals surface area contributed by atoms with Gasteiger partial charge in [0.1, 0.15) is 0 Å². The molecule has 18 heavy (non-hydrogen) atoms. The molecule has 0 spiro atoms. The van der Waals surface area contributed by atoms with E-state index in [1.54, 1.807) is 0 Å². The molecule has 1 aromatic carbocycles. The lowest BCUT2D eigenvalue weighted by molar-refractivity contribution is 0.0930. The summed E-state index contributed by atoms with van der Waals surface area (Å²) in [6.07, 6.45) is 2.21. The third-order valence-electron chi connectivity index (χ3n) is 3.12. The Bertz CT molecular complexity index is 394. The molecule has 0 bridgehead atoms. The second-order valence-corrected chi connectivity index (χ2v) is 4.89. The van der Waals surface area contributed by atoms with E-state index in [-0.39, 0.29) is 24.4 Å². The van der Waals surface area contributed by atoms with Crippen LogP contribution in [0.1, 0.15) is 34.3 Å². The first kappa shape index (κ1) is 15.0. The molecule has 1 fully saturated rings. The molecule has 1 unspecified atom stereocenters. The highest BCUT2D eigenvalue weighted by Gasteiger charge is 2.16. The number of carbonyl (C=O) groups excluding carboxylic acids is 1. The largest absolute Gasteiger partial charge is 0.348 e. The highest BCUT2D eigenvalue weighted by atomic mass is 35.5. The van der Waals surface area contributed by atoms with Crippen LogP contribution in [0.4, 0.5) is 0 Å². The quantitative estimate of drug-likeness (QED) is 0.864. The highest BCUT2D eigenvalue weighted by molar-refractivity contribution is 5.94. The molecule has 1 amide bonds. The van der Waals surface area contributed by atoms with E-state index in [9.17, 15) is 4.79 Å². The Kier molecular flexibility index (Phi) is 5.63. The van der Waals surface area contributed by atoms with Gasteiger partial charge >= 0.3 is 0 Å². The van der Waals surface area contributed by atoms with Gasteiger partial charge in [-0.2, -0.15) is 0 Å². The molecular formula is C14H21ClN2O. The van der Waals surface area contributed by atoms with Crippen molar-refractivity contribution in [1.82, 2.24) is 10.6 Å². The van der Waals surface area contributed by atoms with Crippen molar-refractivity contribution in [2.75, 3.05) is 13.1 Å². The molecule has 3 nitrogen and oxygen atoms in total. The van der Waals surface area contributed by atoms with Crippen molar-refractivity contribution in [1.29, 1.82) is 0 Å². The maximum Gasteiger partial charge on any atom is 0.251 e. The second-order valence-electron chi connectivity index (χ2n) is 4.89. The number of rotatable bonds is 2. The number of benzene rings is 1. The lowest BCUT2D eigenvalue weighted by atomic mass is 10.0. The van der Waals surface area contributed by atoms with Crippen molar-refractivity contribution >= 4 is 18.3 Å². The van der Waals surface area contributed by atoms with E-state index < -0.39 is 0 Å². The van der Waals surface area contributed by atoms with Gasteiger partial charge in [0.15, 0.2) is 0 Å². The van der Waals surface area contributed by atoms with E-state index in [0.717, 1.165) is 42.6 Å². The average Bonchev–Trinajstić information content (AvgIpc) is 2.29. The van der Waals surface area contributed by atoms with Gasteiger partial charge in [-0.1, -0.05) is 17.2 Å². The second kappa shape index (κ2) is 6.76. The van der Waals surface area contributed by atoms with Crippen molar-refractivity contribution in [2.45, 2.75) is 32.7 Å². The number of piperidine rings is 1. The Morgan fingerprint density at radius 2 is 1.94 bits per heavy atom. The van der Waals surface area contributed by atoms with Gasteiger partial charge < -0.3 is 10.6 Å². The Balaban J connectivity index is 0.00000162. The summed E-state index contributed by atoms with van der Waals surface area (Å²) in [6, 6.07) is 6.24. The molecule has 1 heterocycles. The van der Waals surface area contributed by atoms with Crippen LogP contribution in [0, 0.1) is 13.8 Å². The first-order chi connectivity index (χ1) is 8.15. The molecule has 1 aliphatic rings. The molecule has 4 heteroatoms. The van der Waals surface area contributed by atoms with Crippen LogP contribution in [0.3, 0.4) is 0 Å². The number of aryl methyl sites for hydroxylation is 2. The molecule has 100 valence electrons. The smallest absolute Gasteiger partial charge is 0.251 e. The molecule has 1 aromatic rings. The van der Waals surface area contributed by atoms with Crippen molar-refractivity contribution in [3.63, 3.8) is 0 Å². The van der Waals surface area contributed by atoms with Crippen molar-refractivity contribution in [3.05, 3.63) is 34.9 Å². The number of hydrogen-bond donors (Lipinski definition) is 2. The van der Waals surface area contributed by atoms with E-state index in [1.807, 2.05) is 26.0 Å². The summed E-state index contributed by atoms with van der Waals surface area (Å²) in [5, 5.41) is 6.39. The maximum atomic E-state index is 12.1. The van der Waals surface area contributed by atoms with E-state index in [4.69, 9.17) is 0 Å². The van der Waals surface area contributed by atoms with Crippen LogP contribution in [-0.2, 0) is 0 Å². The zero-order valence-electron chi connectivity index (χ0n) is 11.0. The molecule has 1 atom stereocenters. The maximum absolute atomic E-state index is 12.1. The molecule has 0 saturated carbocycles. The summed E-state index contributed by atoms with van der Waals surface area (Å²) in [5.41, 5.74) is 3.04. The minimum absolute atomic E-state index is 0. The van der Waals surface area contributed by atoms with E-state index in [1.165, 1.54) is 0 Å². The van der Waals surface area contributed by atoms with Gasteiger partial charge in [0.05, 0.1) is 0 Å². The number of hydrogen-bond acceptors (Lipinski definition) is 2. The van der Waals surface area contributed by atoms with Crippen LogP contribution in [0.15, 0.2) is 18.2 Å². The average molecular weight is 269 g/mol. The Labute approximate surface area is 115 Å². The van der Waals surface area contributed by atoms with Crippen molar-refractivity contribution < 1.29 is 4.79 Å². The zero-order valence-corrected chi connectivity index (χ0v) is 11.8. The summed E-state index contributed by atoms with van der Waals surface area (Å²) in [4.78, 5) is 12.1. The van der Waals surface area contributed by atoms with Crippen LogP contribution in [-0.4, -0.2) is 25.0 Å². The van der Waals surface area contributed by atoms with Gasteiger partial charge in [-0.15, -0.1) is 12.4 Å². The SMILES string of the molecule is Cc1cc(C)cc(C(=O)NC2CCCNC2)c1.Cl. The Hall–Kier alpha value is -1.06. The molecule has 0 aliphatic carbocycles. The lowest BCUT2D eigenvalue weighted by Crippen LogP contribution is -2.45.